The summed E-state index contributed by atoms with van der Waals surface area (Å²) in [5.74, 6) is -0.663. The second-order valence-electron chi connectivity index (χ2n) is 15.3. The number of allylic oxidation sites excluding steroid dienone is 1. The molecule has 0 aromatic rings. The predicted molar refractivity (Wildman–Crippen MR) is 212 cm³/mol. The van der Waals surface area contributed by atoms with E-state index in [2.05, 4.69) is 6.92 Å². The zero-order valence-electron chi connectivity index (χ0n) is 32.6. The van der Waals surface area contributed by atoms with E-state index in [9.17, 15) is 18.9 Å². The Bertz CT molecular complexity index is 829. The summed E-state index contributed by atoms with van der Waals surface area (Å²) in [7, 11) is -1.52. The topological polar surface area (TPSA) is 74.7 Å². The van der Waals surface area contributed by atoms with Crippen LogP contribution in [0.2, 0.25) is 0 Å². The van der Waals surface area contributed by atoms with Gasteiger partial charge in [-0.15, -0.1) is 0 Å². The van der Waals surface area contributed by atoms with Crippen molar-refractivity contribution in [2.75, 3.05) is 5.75 Å². The summed E-state index contributed by atoms with van der Waals surface area (Å²) in [6.07, 6.45) is 48.6. The second-order valence-corrected chi connectivity index (χ2v) is 17.0. The number of likely N-dealkylation sites (tertiary alicyclic amines) is 1. The van der Waals surface area contributed by atoms with Gasteiger partial charge in [-0.1, -0.05) is 212 Å². The van der Waals surface area contributed by atoms with E-state index in [-0.39, 0.29) is 18.1 Å². The first kappa shape index (κ1) is 46.0. The third kappa shape index (κ3) is 27.3. The van der Waals surface area contributed by atoms with Crippen molar-refractivity contribution in [3.05, 3.63) is 12.3 Å². The molecular weight excluding hydrogens is 627 g/mol. The smallest absolute Gasteiger partial charge is 0.249 e. The van der Waals surface area contributed by atoms with Crippen molar-refractivity contribution in [1.82, 2.24) is 4.90 Å². The van der Waals surface area contributed by atoms with Gasteiger partial charge in [0.1, 0.15) is 5.25 Å². The monoisotopic (exact) mass is 708 g/mol. The van der Waals surface area contributed by atoms with Gasteiger partial charge >= 0.3 is 0 Å². The van der Waals surface area contributed by atoms with Crippen LogP contribution in [-0.2, 0) is 20.4 Å². The Balaban J connectivity index is 1.74. The van der Waals surface area contributed by atoms with E-state index < -0.39 is 28.1 Å². The largest absolute Gasteiger partial charge is 0.392 e. The summed E-state index contributed by atoms with van der Waals surface area (Å²) in [6, 6.07) is 0. The van der Waals surface area contributed by atoms with Crippen molar-refractivity contribution in [3.63, 3.8) is 0 Å². The van der Waals surface area contributed by atoms with E-state index in [0.29, 0.717) is 0 Å². The SMILES string of the molecule is CCCCCCCCCCCCCCCCCCCCCCCCCCCCCCCCCCC=CN1C(=O)CC(S(=O)CC(C)O)C1=O. The molecule has 49 heavy (non-hydrogen) atoms. The van der Waals surface area contributed by atoms with Gasteiger partial charge in [-0.05, 0) is 19.8 Å². The highest BCUT2D eigenvalue weighted by molar-refractivity contribution is 7.86. The zero-order chi connectivity index (χ0) is 35.6. The van der Waals surface area contributed by atoms with Gasteiger partial charge in [0, 0.05) is 17.0 Å². The minimum atomic E-state index is -1.52. The lowest BCUT2D eigenvalue weighted by Gasteiger charge is -2.11. The Kier molecular flexibility index (Phi) is 32.0. The van der Waals surface area contributed by atoms with Gasteiger partial charge in [-0.2, -0.15) is 0 Å². The molecule has 1 fully saturated rings. The van der Waals surface area contributed by atoms with Gasteiger partial charge in [-0.25, -0.2) is 0 Å². The highest BCUT2D eigenvalue weighted by atomic mass is 32.2. The summed E-state index contributed by atoms with van der Waals surface area (Å²) < 4.78 is 12.2. The van der Waals surface area contributed by atoms with Gasteiger partial charge in [0.25, 0.3) is 0 Å². The first-order valence-electron chi connectivity index (χ1n) is 21.5. The van der Waals surface area contributed by atoms with Crippen LogP contribution in [0.4, 0.5) is 0 Å². The molecule has 5 nitrogen and oxygen atoms in total. The van der Waals surface area contributed by atoms with Crippen molar-refractivity contribution >= 4 is 22.6 Å². The number of imide groups is 1. The second kappa shape index (κ2) is 34.1. The predicted octanol–water partition coefficient (Wildman–Crippen LogP) is 12.7. The molecule has 0 aliphatic carbocycles. The van der Waals surface area contributed by atoms with E-state index in [0.717, 1.165) is 17.7 Å². The summed E-state index contributed by atoms with van der Waals surface area (Å²) in [6.45, 7) is 3.84. The van der Waals surface area contributed by atoms with Crippen molar-refractivity contribution < 1.29 is 18.9 Å². The molecular formula is C43H81NO4S. The third-order valence-electron chi connectivity index (χ3n) is 10.3. The molecule has 0 bridgehead atoms. The summed E-state index contributed by atoms with van der Waals surface area (Å²) in [5.41, 5.74) is 0. The van der Waals surface area contributed by atoms with Crippen LogP contribution in [0.3, 0.4) is 0 Å². The van der Waals surface area contributed by atoms with E-state index in [1.165, 1.54) is 199 Å². The van der Waals surface area contributed by atoms with Crippen LogP contribution in [0.15, 0.2) is 12.3 Å². The molecule has 288 valence electrons. The minimum absolute atomic E-state index is 0.0256. The number of hydrogen-bond acceptors (Lipinski definition) is 4. The number of rotatable bonds is 37. The number of aliphatic hydroxyl groups excluding tert-OH is 1. The summed E-state index contributed by atoms with van der Waals surface area (Å²) >= 11 is 0. The molecule has 3 unspecified atom stereocenters. The quantitative estimate of drug-likeness (QED) is 0.0515. The van der Waals surface area contributed by atoms with Gasteiger partial charge in [-0.3, -0.25) is 18.7 Å². The Morgan fingerprint density at radius 3 is 1.20 bits per heavy atom. The summed E-state index contributed by atoms with van der Waals surface area (Å²) in [4.78, 5) is 25.7. The van der Waals surface area contributed by atoms with Crippen LogP contribution in [0.5, 0.6) is 0 Å². The Hall–Kier alpha value is -1.01. The van der Waals surface area contributed by atoms with Gasteiger partial charge in [0.15, 0.2) is 0 Å². The third-order valence-corrected chi connectivity index (χ3v) is 12.2. The fourth-order valence-corrected chi connectivity index (χ4v) is 8.53. The maximum atomic E-state index is 12.4. The fourth-order valence-electron chi connectivity index (χ4n) is 7.16. The van der Waals surface area contributed by atoms with E-state index in [1.807, 2.05) is 6.08 Å². The number of amides is 2. The van der Waals surface area contributed by atoms with Crippen LogP contribution < -0.4 is 0 Å². The molecule has 1 saturated heterocycles. The van der Waals surface area contributed by atoms with Crippen LogP contribution in [-0.4, -0.2) is 43.1 Å². The van der Waals surface area contributed by atoms with Crippen LogP contribution in [0.25, 0.3) is 0 Å². The number of unbranched alkanes of at least 4 members (excludes halogenated alkanes) is 32. The molecule has 1 rings (SSSR count). The molecule has 1 N–H and O–H groups in total. The first-order valence-corrected chi connectivity index (χ1v) is 22.9. The van der Waals surface area contributed by atoms with Gasteiger partial charge in [0.2, 0.25) is 11.8 Å². The molecule has 0 spiro atoms. The molecule has 1 aliphatic heterocycles. The number of hydrogen-bond donors (Lipinski definition) is 1. The molecule has 0 radical (unpaired) electrons. The lowest BCUT2D eigenvalue weighted by atomic mass is 10.0. The molecule has 1 heterocycles. The molecule has 1 aliphatic rings. The Morgan fingerprint density at radius 2 is 0.898 bits per heavy atom. The standard InChI is InChI=1S/C43H81NO4S/c1-3-4-5-6-7-8-9-10-11-12-13-14-15-16-17-18-19-20-21-22-23-24-25-26-27-28-29-30-31-32-33-34-35-36-37-44-42(46)38-41(43(44)47)49(48)39-40(2)45/h36-37,40-41,45H,3-35,38-39H2,1-2H3. The van der Waals surface area contributed by atoms with Crippen molar-refractivity contribution in [1.29, 1.82) is 0 Å². The van der Waals surface area contributed by atoms with E-state index >= 15 is 0 Å². The lowest BCUT2D eigenvalue weighted by molar-refractivity contribution is -0.135. The maximum absolute atomic E-state index is 12.4. The highest BCUT2D eigenvalue weighted by Crippen LogP contribution is 2.20. The Labute approximate surface area is 307 Å². The average molecular weight is 708 g/mol. The normalized spacial score (nSPS) is 16.4. The number of carbonyl (C=O) groups excluding carboxylic acids is 2. The number of carbonyl (C=O) groups is 2. The van der Waals surface area contributed by atoms with Crippen LogP contribution >= 0.6 is 0 Å². The summed E-state index contributed by atoms with van der Waals surface area (Å²) in [5, 5.41) is 8.60. The van der Waals surface area contributed by atoms with Crippen LogP contribution in [0, 0.1) is 0 Å². The lowest BCUT2D eigenvalue weighted by Crippen LogP contribution is -2.31. The zero-order valence-corrected chi connectivity index (χ0v) is 33.4. The van der Waals surface area contributed by atoms with Crippen molar-refractivity contribution in [2.24, 2.45) is 0 Å². The highest BCUT2D eigenvalue weighted by Gasteiger charge is 2.41. The average Bonchev–Trinajstić information content (AvgIpc) is 3.37. The van der Waals surface area contributed by atoms with Crippen molar-refractivity contribution in [3.8, 4) is 0 Å². The molecule has 2 amide bonds. The molecule has 0 saturated carbocycles. The molecule has 0 aromatic heterocycles. The van der Waals surface area contributed by atoms with Crippen LogP contribution in [0.1, 0.15) is 232 Å². The molecule has 0 aromatic carbocycles. The number of aliphatic hydroxyl groups is 1. The molecule has 6 heteroatoms. The number of nitrogens with zero attached hydrogens (tertiary/aromatic N) is 1. The van der Waals surface area contributed by atoms with E-state index in [4.69, 9.17) is 0 Å². The Morgan fingerprint density at radius 1 is 0.592 bits per heavy atom. The maximum Gasteiger partial charge on any atom is 0.249 e. The fraction of sp³-hybridized carbons (Fsp3) is 0.907. The van der Waals surface area contributed by atoms with E-state index in [1.54, 1.807) is 13.1 Å². The molecule has 3 atom stereocenters. The first-order chi connectivity index (χ1) is 24.0. The van der Waals surface area contributed by atoms with Gasteiger partial charge in [0.05, 0.1) is 18.3 Å². The minimum Gasteiger partial charge on any atom is -0.392 e. The van der Waals surface area contributed by atoms with Crippen molar-refractivity contribution in [2.45, 2.75) is 244 Å². The van der Waals surface area contributed by atoms with Gasteiger partial charge < -0.3 is 5.11 Å².